The van der Waals surface area contributed by atoms with Crippen LogP contribution in [0.1, 0.15) is 5.56 Å². The number of nitro benzene ring substituents is 2. The van der Waals surface area contributed by atoms with Crippen LogP contribution in [0.2, 0.25) is 10.0 Å². The van der Waals surface area contributed by atoms with Gasteiger partial charge in [-0.15, -0.1) is 0 Å². The van der Waals surface area contributed by atoms with E-state index in [9.17, 15) is 34.6 Å². The molecular formula is C23H12Cl2N4O8. The van der Waals surface area contributed by atoms with Crippen LogP contribution in [0.25, 0.3) is 6.08 Å². The van der Waals surface area contributed by atoms with Crippen molar-refractivity contribution in [3.8, 4) is 11.5 Å². The molecule has 1 saturated heterocycles. The molecule has 1 N–H and O–H groups in total. The van der Waals surface area contributed by atoms with Crippen molar-refractivity contribution in [3.63, 3.8) is 0 Å². The first kappa shape index (κ1) is 25.3. The van der Waals surface area contributed by atoms with Crippen LogP contribution in [-0.4, -0.2) is 27.7 Å². The van der Waals surface area contributed by atoms with E-state index in [0.717, 1.165) is 23.1 Å². The highest BCUT2D eigenvalue weighted by Gasteiger charge is 2.37. The van der Waals surface area contributed by atoms with Crippen molar-refractivity contribution < 1.29 is 29.0 Å². The number of anilines is 1. The quantitative estimate of drug-likeness (QED) is 0.190. The number of halogens is 2. The van der Waals surface area contributed by atoms with Crippen LogP contribution >= 0.6 is 23.2 Å². The van der Waals surface area contributed by atoms with Gasteiger partial charge in [-0.05, 0) is 42.0 Å². The number of carbonyl (C=O) groups excluding carboxylic acids is 3. The molecule has 0 saturated carbocycles. The van der Waals surface area contributed by atoms with Gasteiger partial charge in [0.1, 0.15) is 11.3 Å². The number of imide groups is 2. The SMILES string of the molecule is O=C1NC(=O)N(c2ccccc2Cl)C(=O)/C1=C/c1ccc(Oc2ccc([N+](=O)[O-])cc2[N+](=O)[O-])c(Cl)c1. The van der Waals surface area contributed by atoms with Gasteiger partial charge in [-0.25, -0.2) is 9.69 Å². The molecular weight excluding hydrogens is 531 g/mol. The molecule has 14 heteroatoms. The predicted octanol–water partition coefficient (Wildman–Crippen LogP) is 5.27. The number of carbonyl (C=O) groups is 3. The first-order valence-electron chi connectivity index (χ1n) is 10.1. The lowest BCUT2D eigenvalue weighted by Crippen LogP contribution is -2.54. The summed E-state index contributed by atoms with van der Waals surface area (Å²) in [5.41, 5.74) is -1.17. The molecule has 4 rings (SSSR count). The number of nitrogens with zero attached hydrogens (tertiary/aromatic N) is 3. The lowest BCUT2D eigenvalue weighted by atomic mass is 10.1. The maximum atomic E-state index is 13.0. The van der Waals surface area contributed by atoms with E-state index in [1.165, 1.54) is 36.4 Å². The molecule has 4 amide bonds. The molecule has 3 aromatic carbocycles. The van der Waals surface area contributed by atoms with E-state index in [0.29, 0.717) is 0 Å². The zero-order valence-electron chi connectivity index (χ0n) is 18.2. The van der Waals surface area contributed by atoms with Crippen LogP contribution in [0.15, 0.2) is 66.2 Å². The number of rotatable bonds is 6. The van der Waals surface area contributed by atoms with Crippen molar-refractivity contribution in [2.24, 2.45) is 0 Å². The van der Waals surface area contributed by atoms with Gasteiger partial charge < -0.3 is 4.74 Å². The van der Waals surface area contributed by atoms with Gasteiger partial charge in [0.15, 0.2) is 0 Å². The molecule has 3 aromatic rings. The van der Waals surface area contributed by atoms with E-state index < -0.39 is 39.1 Å². The van der Waals surface area contributed by atoms with Crippen LogP contribution in [0.4, 0.5) is 21.9 Å². The fraction of sp³-hybridized carbons (Fsp3) is 0. The van der Waals surface area contributed by atoms with Gasteiger partial charge in [0.05, 0.1) is 31.6 Å². The van der Waals surface area contributed by atoms with Crippen LogP contribution < -0.4 is 15.0 Å². The summed E-state index contributed by atoms with van der Waals surface area (Å²) >= 11 is 12.4. The van der Waals surface area contributed by atoms with Gasteiger partial charge in [0.2, 0.25) is 5.75 Å². The average Bonchev–Trinajstić information content (AvgIpc) is 2.84. The molecule has 0 bridgehead atoms. The normalized spacial score (nSPS) is 14.5. The first-order valence-corrected chi connectivity index (χ1v) is 10.9. The fourth-order valence-electron chi connectivity index (χ4n) is 3.33. The van der Waals surface area contributed by atoms with Crippen molar-refractivity contribution in [1.82, 2.24) is 5.32 Å². The van der Waals surface area contributed by atoms with Gasteiger partial charge in [-0.3, -0.25) is 35.1 Å². The Morgan fingerprint density at radius 3 is 2.22 bits per heavy atom. The maximum absolute atomic E-state index is 13.0. The van der Waals surface area contributed by atoms with Crippen molar-refractivity contribution in [2.45, 2.75) is 0 Å². The van der Waals surface area contributed by atoms with E-state index in [1.54, 1.807) is 12.1 Å². The largest absolute Gasteiger partial charge is 0.449 e. The number of amides is 4. The number of nitrogens with one attached hydrogen (secondary N) is 1. The second-order valence-corrected chi connectivity index (χ2v) is 8.18. The molecule has 0 spiro atoms. The first-order chi connectivity index (χ1) is 17.6. The van der Waals surface area contributed by atoms with Crippen molar-refractivity contribution in [2.75, 3.05) is 4.90 Å². The van der Waals surface area contributed by atoms with E-state index in [4.69, 9.17) is 27.9 Å². The zero-order valence-corrected chi connectivity index (χ0v) is 19.7. The number of para-hydroxylation sites is 1. The average molecular weight is 543 g/mol. The summed E-state index contributed by atoms with van der Waals surface area (Å²) in [6.07, 6.45) is 1.19. The van der Waals surface area contributed by atoms with Crippen LogP contribution in [0.3, 0.4) is 0 Å². The van der Waals surface area contributed by atoms with Crippen LogP contribution in [0, 0.1) is 20.2 Å². The molecule has 1 fully saturated rings. The minimum atomic E-state index is -0.966. The Morgan fingerprint density at radius 2 is 1.57 bits per heavy atom. The zero-order chi connectivity index (χ0) is 26.9. The number of barbiturate groups is 1. The Morgan fingerprint density at radius 1 is 0.865 bits per heavy atom. The molecule has 0 radical (unpaired) electrons. The van der Waals surface area contributed by atoms with Crippen molar-refractivity contribution >= 4 is 64.2 Å². The Hall–Kier alpha value is -4.81. The highest BCUT2D eigenvalue weighted by atomic mass is 35.5. The number of hydrogen-bond acceptors (Lipinski definition) is 8. The minimum absolute atomic E-state index is 0.0342. The van der Waals surface area contributed by atoms with Gasteiger partial charge in [-0.2, -0.15) is 0 Å². The molecule has 12 nitrogen and oxygen atoms in total. The second kappa shape index (κ2) is 10.0. The number of urea groups is 1. The van der Waals surface area contributed by atoms with Gasteiger partial charge in [0.25, 0.3) is 17.5 Å². The number of non-ortho nitro benzene ring substituents is 1. The summed E-state index contributed by atoms with van der Waals surface area (Å²) in [7, 11) is 0. The standard InChI is InChI=1S/C23H12Cl2N4O8/c24-15-3-1-2-4-17(15)27-22(31)14(21(30)26-23(27)32)9-12-5-7-19(16(25)10-12)37-20-8-6-13(28(33)34)11-18(20)29(35)36/h1-11H,(H,26,30,32)/b14-9+. The molecule has 1 heterocycles. The molecule has 0 atom stereocenters. The van der Waals surface area contributed by atoms with Crippen molar-refractivity contribution in [3.05, 3.63) is 102 Å². The Labute approximate surface area is 216 Å². The van der Waals surface area contributed by atoms with Crippen LogP contribution in [-0.2, 0) is 9.59 Å². The summed E-state index contributed by atoms with van der Waals surface area (Å²) in [6.45, 7) is 0. The Kier molecular flexibility index (Phi) is 6.87. The molecule has 0 unspecified atom stereocenters. The number of ether oxygens (including phenoxy) is 1. The third-order valence-electron chi connectivity index (χ3n) is 5.03. The van der Waals surface area contributed by atoms with E-state index >= 15 is 0 Å². The molecule has 186 valence electrons. The predicted molar refractivity (Wildman–Crippen MR) is 132 cm³/mol. The van der Waals surface area contributed by atoms with Gasteiger partial charge in [0, 0.05) is 6.07 Å². The highest BCUT2D eigenvalue weighted by Crippen LogP contribution is 2.37. The van der Waals surface area contributed by atoms with Gasteiger partial charge >= 0.3 is 11.7 Å². The second-order valence-electron chi connectivity index (χ2n) is 7.37. The molecule has 0 aliphatic carbocycles. The van der Waals surface area contributed by atoms with E-state index in [1.807, 2.05) is 0 Å². The third kappa shape index (κ3) is 5.10. The fourth-order valence-corrected chi connectivity index (χ4v) is 3.78. The topological polar surface area (TPSA) is 162 Å². The Balaban J connectivity index is 1.65. The summed E-state index contributed by atoms with van der Waals surface area (Å²) < 4.78 is 5.50. The minimum Gasteiger partial charge on any atom is -0.449 e. The lowest BCUT2D eigenvalue weighted by molar-refractivity contribution is -0.394. The highest BCUT2D eigenvalue weighted by molar-refractivity contribution is 6.42. The van der Waals surface area contributed by atoms with Crippen LogP contribution in [0.5, 0.6) is 11.5 Å². The number of nitro groups is 2. The number of hydrogen-bond donors (Lipinski definition) is 1. The van der Waals surface area contributed by atoms with Gasteiger partial charge in [-0.1, -0.05) is 41.4 Å². The molecule has 37 heavy (non-hydrogen) atoms. The lowest BCUT2D eigenvalue weighted by Gasteiger charge is -2.27. The molecule has 1 aliphatic rings. The van der Waals surface area contributed by atoms with E-state index in [2.05, 4.69) is 5.32 Å². The number of benzene rings is 3. The summed E-state index contributed by atoms with van der Waals surface area (Å²) in [6, 6.07) is 12.0. The summed E-state index contributed by atoms with van der Waals surface area (Å²) in [5, 5.41) is 24.4. The molecule has 1 aliphatic heterocycles. The summed E-state index contributed by atoms with van der Waals surface area (Å²) in [4.78, 5) is 59.1. The summed E-state index contributed by atoms with van der Waals surface area (Å²) in [5.74, 6) is -2.18. The van der Waals surface area contributed by atoms with Crippen molar-refractivity contribution in [1.29, 1.82) is 0 Å². The third-order valence-corrected chi connectivity index (χ3v) is 5.65. The Bertz CT molecular complexity index is 1540. The smallest absolute Gasteiger partial charge is 0.335 e. The maximum Gasteiger partial charge on any atom is 0.335 e. The van der Waals surface area contributed by atoms with E-state index in [-0.39, 0.29) is 38.4 Å². The molecule has 0 aromatic heterocycles. The monoisotopic (exact) mass is 542 g/mol.